The van der Waals surface area contributed by atoms with E-state index in [2.05, 4.69) is 10.6 Å². The van der Waals surface area contributed by atoms with Gasteiger partial charge in [0.05, 0.1) is 24.2 Å². The zero-order chi connectivity index (χ0) is 24.5. The molecule has 0 spiro atoms. The number of nitrogens with two attached hydrogens (primary N) is 1. The summed E-state index contributed by atoms with van der Waals surface area (Å²) in [5.74, 6) is -1.37. The Labute approximate surface area is 203 Å². The highest BCUT2D eigenvalue weighted by Gasteiger charge is 2.23. The van der Waals surface area contributed by atoms with Crippen molar-refractivity contribution >= 4 is 29.4 Å². The highest BCUT2D eigenvalue weighted by molar-refractivity contribution is 6.33. The lowest BCUT2D eigenvalue weighted by atomic mass is 9.99. The Morgan fingerprint density at radius 1 is 0.912 bits per heavy atom. The third-order valence-corrected chi connectivity index (χ3v) is 5.55. The first-order valence-corrected chi connectivity index (χ1v) is 11.1. The van der Waals surface area contributed by atoms with Gasteiger partial charge in [0.15, 0.2) is 0 Å². The summed E-state index contributed by atoms with van der Waals surface area (Å²) in [6, 6.07) is 21.5. The van der Waals surface area contributed by atoms with Crippen LogP contribution in [-0.4, -0.2) is 37.5 Å². The minimum atomic E-state index is -0.855. The second-order valence-electron chi connectivity index (χ2n) is 7.70. The number of carbonyl (C=O) groups is 3. The van der Waals surface area contributed by atoms with Crippen LogP contribution >= 0.6 is 11.6 Å². The average Bonchev–Trinajstić information content (AvgIpc) is 2.84. The summed E-state index contributed by atoms with van der Waals surface area (Å²) in [5.41, 5.74) is 9.36. The van der Waals surface area contributed by atoms with E-state index in [9.17, 15) is 14.4 Å². The molecule has 7 nitrogen and oxygen atoms in total. The summed E-state index contributed by atoms with van der Waals surface area (Å²) < 4.78 is 4.88. The molecular formula is C26H26ClN3O4. The van der Waals surface area contributed by atoms with Crippen molar-refractivity contribution in [1.82, 2.24) is 10.6 Å². The number of hydrogen-bond donors (Lipinski definition) is 3. The van der Waals surface area contributed by atoms with Crippen molar-refractivity contribution in [2.75, 3.05) is 13.7 Å². The standard InChI is InChI=1S/C26H26ClN3O4/c1-34-26(33)23(30-25(32)21-4-2-3-5-22(21)27)14-17-6-10-19(11-7-17)20-12-8-18(9-13-20)15-29-16-24(28)31/h2-13,23,29H,14-16H2,1H3,(H2,28,31)(H,30,32)/t23-/m0/s1. The maximum Gasteiger partial charge on any atom is 0.328 e. The van der Waals surface area contributed by atoms with E-state index in [0.29, 0.717) is 17.1 Å². The molecule has 8 heteroatoms. The Morgan fingerprint density at radius 3 is 2.06 bits per heavy atom. The molecule has 176 valence electrons. The van der Waals surface area contributed by atoms with Gasteiger partial charge < -0.3 is 21.1 Å². The normalized spacial score (nSPS) is 11.5. The predicted octanol–water partition coefficient (Wildman–Crippen LogP) is 3.10. The Kier molecular flexibility index (Phi) is 8.79. The van der Waals surface area contributed by atoms with Gasteiger partial charge in [-0.25, -0.2) is 4.79 Å². The largest absolute Gasteiger partial charge is 0.467 e. The van der Waals surface area contributed by atoms with Crippen LogP contribution < -0.4 is 16.4 Å². The van der Waals surface area contributed by atoms with Crippen LogP contribution in [0.2, 0.25) is 5.02 Å². The van der Waals surface area contributed by atoms with Crippen LogP contribution in [-0.2, 0) is 27.3 Å². The maximum atomic E-state index is 12.6. The van der Waals surface area contributed by atoms with Crippen LogP contribution in [0.4, 0.5) is 0 Å². The Morgan fingerprint density at radius 2 is 1.50 bits per heavy atom. The van der Waals surface area contributed by atoms with Crippen molar-refractivity contribution < 1.29 is 19.1 Å². The average molecular weight is 480 g/mol. The molecule has 0 heterocycles. The number of carbonyl (C=O) groups excluding carboxylic acids is 3. The van der Waals surface area contributed by atoms with Gasteiger partial charge in [0, 0.05) is 13.0 Å². The number of primary amides is 1. The fourth-order valence-corrected chi connectivity index (χ4v) is 3.65. The third kappa shape index (κ3) is 6.91. The fourth-order valence-electron chi connectivity index (χ4n) is 3.43. The van der Waals surface area contributed by atoms with Crippen LogP contribution in [0.3, 0.4) is 0 Å². The molecule has 0 aliphatic carbocycles. The van der Waals surface area contributed by atoms with E-state index < -0.39 is 23.8 Å². The topological polar surface area (TPSA) is 111 Å². The number of nitrogens with one attached hydrogen (secondary N) is 2. The number of rotatable bonds is 10. The zero-order valence-electron chi connectivity index (χ0n) is 18.7. The molecule has 3 rings (SSSR count). The number of amides is 2. The number of hydrogen-bond acceptors (Lipinski definition) is 5. The van der Waals surface area contributed by atoms with E-state index in [1.165, 1.54) is 7.11 Å². The van der Waals surface area contributed by atoms with E-state index in [0.717, 1.165) is 22.3 Å². The summed E-state index contributed by atoms with van der Waals surface area (Å²) in [5, 5.41) is 6.00. The van der Waals surface area contributed by atoms with E-state index in [1.54, 1.807) is 24.3 Å². The number of methoxy groups -OCH3 is 1. The first kappa shape index (κ1) is 25.0. The van der Waals surface area contributed by atoms with Gasteiger partial charge >= 0.3 is 5.97 Å². The zero-order valence-corrected chi connectivity index (χ0v) is 19.5. The van der Waals surface area contributed by atoms with Crippen molar-refractivity contribution in [3.63, 3.8) is 0 Å². The van der Waals surface area contributed by atoms with Gasteiger partial charge in [-0.15, -0.1) is 0 Å². The summed E-state index contributed by atoms with van der Waals surface area (Å²) >= 11 is 6.10. The van der Waals surface area contributed by atoms with E-state index in [-0.39, 0.29) is 13.0 Å². The summed E-state index contributed by atoms with van der Waals surface area (Å²) in [4.78, 5) is 35.7. The Hall–Kier alpha value is -3.68. The van der Waals surface area contributed by atoms with Crippen LogP contribution in [0.1, 0.15) is 21.5 Å². The fraction of sp³-hybridized carbons (Fsp3) is 0.192. The van der Waals surface area contributed by atoms with Crippen LogP contribution in [0.5, 0.6) is 0 Å². The van der Waals surface area contributed by atoms with Crippen molar-refractivity contribution in [2.24, 2.45) is 5.73 Å². The van der Waals surface area contributed by atoms with Crippen LogP contribution in [0.25, 0.3) is 11.1 Å². The molecule has 0 aromatic heterocycles. The van der Waals surface area contributed by atoms with Gasteiger partial charge in [0.1, 0.15) is 6.04 Å². The molecule has 0 aliphatic rings. The van der Waals surface area contributed by atoms with E-state index in [1.807, 2.05) is 48.5 Å². The molecular weight excluding hydrogens is 454 g/mol. The summed E-state index contributed by atoms with van der Waals surface area (Å²) in [7, 11) is 1.28. The maximum absolute atomic E-state index is 12.6. The predicted molar refractivity (Wildman–Crippen MR) is 131 cm³/mol. The van der Waals surface area contributed by atoms with Gasteiger partial charge in [0.25, 0.3) is 5.91 Å². The lowest BCUT2D eigenvalue weighted by Gasteiger charge is -2.17. The Bertz CT molecular complexity index is 1150. The summed E-state index contributed by atoms with van der Waals surface area (Å²) in [6.45, 7) is 0.686. The highest BCUT2D eigenvalue weighted by Crippen LogP contribution is 2.21. The van der Waals surface area contributed by atoms with Gasteiger partial charge in [-0.2, -0.15) is 0 Å². The first-order valence-electron chi connectivity index (χ1n) is 10.7. The first-order chi connectivity index (χ1) is 16.4. The number of halogens is 1. The molecule has 0 radical (unpaired) electrons. The van der Waals surface area contributed by atoms with Crippen LogP contribution in [0, 0.1) is 0 Å². The smallest absolute Gasteiger partial charge is 0.328 e. The molecule has 4 N–H and O–H groups in total. The van der Waals surface area contributed by atoms with Crippen molar-refractivity contribution in [1.29, 1.82) is 0 Å². The molecule has 0 aliphatic heterocycles. The quantitative estimate of drug-likeness (QED) is 0.387. The van der Waals surface area contributed by atoms with Crippen molar-refractivity contribution in [2.45, 2.75) is 19.0 Å². The number of benzene rings is 3. The molecule has 0 saturated carbocycles. The van der Waals surface area contributed by atoms with Gasteiger partial charge in [-0.05, 0) is 34.4 Å². The molecule has 1 atom stereocenters. The molecule has 3 aromatic carbocycles. The van der Waals surface area contributed by atoms with Gasteiger partial charge in [-0.1, -0.05) is 72.3 Å². The molecule has 0 unspecified atom stereocenters. The van der Waals surface area contributed by atoms with Gasteiger partial charge in [0.2, 0.25) is 5.91 Å². The van der Waals surface area contributed by atoms with Crippen molar-refractivity contribution in [3.05, 3.63) is 94.5 Å². The lowest BCUT2D eigenvalue weighted by molar-refractivity contribution is -0.142. The minimum Gasteiger partial charge on any atom is -0.467 e. The minimum absolute atomic E-state index is 0.134. The van der Waals surface area contributed by atoms with Crippen LogP contribution in [0.15, 0.2) is 72.8 Å². The SMILES string of the molecule is COC(=O)[C@H](Cc1ccc(-c2ccc(CNCC(N)=O)cc2)cc1)NC(=O)c1ccccc1Cl. The molecule has 2 amide bonds. The monoisotopic (exact) mass is 479 g/mol. The number of ether oxygens (including phenoxy) is 1. The molecule has 34 heavy (non-hydrogen) atoms. The second-order valence-corrected chi connectivity index (χ2v) is 8.10. The molecule has 3 aromatic rings. The second kappa shape index (κ2) is 12.0. The third-order valence-electron chi connectivity index (χ3n) is 5.22. The highest BCUT2D eigenvalue weighted by atomic mass is 35.5. The lowest BCUT2D eigenvalue weighted by Crippen LogP contribution is -2.43. The molecule has 0 fully saturated rings. The van der Waals surface area contributed by atoms with Crippen molar-refractivity contribution in [3.8, 4) is 11.1 Å². The summed E-state index contributed by atoms with van der Waals surface area (Å²) in [6.07, 6.45) is 0.271. The molecule has 0 bridgehead atoms. The Balaban J connectivity index is 1.66. The van der Waals surface area contributed by atoms with Gasteiger partial charge in [-0.3, -0.25) is 9.59 Å². The molecule has 0 saturated heterocycles. The van der Waals surface area contributed by atoms with E-state index >= 15 is 0 Å². The number of esters is 1. The van der Waals surface area contributed by atoms with E-state index in [4.69, 9.17) is 22.1 Å².